The fourth-order valence-electron chi connectivity index (χ4n) is 1.16. The third kappa shape index (κ3) is 3.50. The zero-order valence-corrected chi connectivity index (χ0v) is 9.65. The molecule has 2 N–H and O–H groups in total. The summed E-state index contributed by atoms with van der Waals surface area (Å²) in [5.74, 6) is -1.69. The van der Waals surface area contributed by atoms with Crippen LogP contribution in [0.1, 0.15) is 15.9 Å². The molecule has 0 aliphatic heterocycles. The van der Waals surface area contributed by atoms with Crippen molar-refractivity contribution in [2.75, 3.05) is 5.75 Å². The van der Waals surface area contributed by atoms with E-state index in [4.69, 9.17) is 10.4 Å². The van der Waals surface area contributed by atoms with Gasteiger partial charge in [-0.15, -0.1) is 0 Å². The van der Waals surface area contributed by atoms with Crippen molar-refractivity contribution in [2.24, 2.45) is 0 Å². The van der Waals surface area contributed by atoms with Crippen molar-refractivity contribution in [2.45, 2.75) is 6.04 Å². The standard InChI is InChI=1S/C11H10N2O3S/c12-5-7-2-1-3-8(4-7)10(14)13-9(6-17)11(15)16/h1-4,9,17H,6H2,(H,13,14)(H,15,16). The molecular formula is C11H10N2O3S. The molecule has 0 heterocycles. The quantitative estimate of drug-likeness (QED) is 0.685. The molecule has 6 heteroatoms. The SMILES string of the molecule is N#Cc1cccc(C(=O)NC(CS)C(=O)O)c1. The van der Waals surface area contributed by atoms with Crippen molar-refractivity contribution in [3.63, 3.8) is 0 Å². The average molecular weight is 250 g/mol. The predicted octanol–water partition coefficient (Wildman–Crippen LogP) is 0.671. The summed E-state index contributed by atoms with van der Waals surface area (Å²) in [5.41, 5.74) is 0.590. The molecule has 1 atom stereocenters. The molecule has 0 radical (unpaired) electrons. The van der Waals surface area contributed by atoms with Crippen LogP contribution in [0.4, 0.5) is 0 Å². The number of rotatable bonds is 4. The Balaban J connectivity index is 2.83. The van der Waals surface area contributed by atoms with E-state index in [1.165, 1.54) is 12.1 Å². The normalized spacial score (nSPS) is 11.3. The highest BCUT2D eigenvalue weighted by Gasteiger charge is 2.18. The van der Waals surface area contributed by atoms with Gasteiger partial charge < -0.3 is 10.4 Å². The van der Waals surface area contributed by atoms with Gasteiger partial charge in [-0.3, -0.25) is 4.79 Å². The Kier molecular flexibility index (Phi) is 4.55. The summed E-state index contributed by atoms with van der Waals surface area (Å²) < 4.78 is 0. The van der Waals surface area contributed by atoms with Crippen LogP contribution in [0.15, 0.2) is 24.3 Å². The molecule has 0 aromatic heterocycles. The lowest BCUT2D eigenvalue weighted by molar-refractivity contribution is -0.138. The van der Waals surface area contributed by atoms with E-state index in [0.717, 1.165) is 0 Å². The molecule has 0 aliphatic rings. The minimum absolute atomic E-state index is 0.000978. The Morgan fingerprint density at radius 1 is 1.53 bits per heavy atom. The molecule has 1 amide bonds. The third-order valence-corrected chi connectivity index (χ3v) is 2.41. The van der Waals surface area contributed by atoms with Crippen molar-refractivity contribution >= 4 is 24.5 Å². The Labute approximate surface area is 103 Å². The number of nitriles is 1. The number of nitrogens with zero attached hydrogens (tertiary/aromatic N) is 1. The molecule has 5 nitrogen and oxygen atoms in total. The van der Waals surface area contributed by atoms with Crippen LogP contribution < -0.4 is 5.32 Å². The maximum absolute atomic E-state index is 11.7. The van der Waals surface area contributed by atoms with E-state index in [0.29, 0.717) is 5.56 Å². The zero-order chi connectivity index (χ0) is 12.8. The highest BCUT2D eigenvalue weighted by atomic mass is 32.1. The van der Waals surface area contributed by atoms with Crippen molar-refractivity contribution in [3.8, 4) is 6.07 Å². The van der Waals surface area contributed by atoms with Crippen molar-refractivity contribution in [1.29, 1.82) is 5.26 Å². The summed E-state index contributed by atoms with van der Waals surface area (Å²) in [5, 5.41) is 19.7. The Bertz CT molecular complexity index is 482. The number of carbonyl (C=O) groups excluding carboxylic acids is 1. The summed E-state index contributed by atoms with van der Waals surface area (Å²) >= 11 is 3.83. The molecular weight excluding hydrogens is 240 g/mol. The lowest BCUT2D eigenvalue weighted by atomic mass is 10.1. The van der Waals surface area contributed by atoms with E-state index in [9.17, 15) is 9.59 Å². The Morgan fingerprint density at radius 2 is 2.24 bits per heavy atom. The van der Waals surface area contributed by atoms with E-state index >= 15 is 0 Å². The molecule has 1 unspecified atom stereocenters. The first kappa shape index (κ1) is 13.1. The number of nitrogens with one attached hydrogen (secondary N) is 1. The van der Waals surface area contributed by atoms with Crippen molar-refractivity contribution in [3.05, 3.63) is 35.4 Å². The van der Waals surface area contributed by atoms with E-state index in [1.807, 2.05) is 6.07 Å². The van der Waals surface area contributed by atoms with Gasteiger partial charge in [-0.1, -0.05) is 6.07 Å². The van der Waals surface area contributed by atoms with E-state index in [2.05, 4.69) is 17.9 Å². The molecule has 1 aromatic rings. The first-order chi connectivity index (χ1) is 8.08. The molecule has 17 heavy (non-hydrogen) atoms. The molecule has 0 aliphatic carbocycles. The monoisotopic (exact) mass is 250 g/mol. The molecule has 0 fully saturated rings. The van der Waals surface area contributed by atoms with Crippen LogP contribution in [-0.4, -0.2) is 28.8 Å². The number of carboxylic acids is 1. The summed E-state index contributed by atoms with van der Waals surface area (Å²) in [6.07, 6.45) is 0. The first-order valence-corrected chi connectivity index (χ1v) is 5.36. The fourth-order valence-corrected chi connectivity index (χ4v) is 1.40. The second-order valence-corrected chi connectivity index (χ2v) is 3.60. The van der Waals surface area contributed by atoms with Crippen LogP contribution in [-0.2, 0) is 4.79 Å². The molecule has 1 rings (SSSR count). The molecule has 1 aromatic carbocycles. The number of hydrogen-bond acceptors (Lipinski definition) is 4. The number of benzene rings is 1. The predicted molar refractivity (Wildman–Crippen MR) is 63.9 cm³/mol. The average Bonchev–Trinajstić information content (AvgIpc) is 2.35. The highest BCUT2D eigenvalue weighted by Crippen LogP contribution is 2.04. The third-order valence-electron chi connectivity index (χ3n) is 2.04. The summed E-state index contributed by atoms with van der Waals surface area (Å²) in [6.45, 7) is 0. The molecule has 0 saturated carbocycles. The number of carbonyl (C=O) groups is 2. The Hall–Kier alpha value is -2.00. The van der Waals surface area contributed by atoms with E-state index < -0.39 is 17.9 Å². The summed E-state index contributed by atoms with van der Waals surface area (Å²) in [7, 11) is 0. The smallest absolute Gasteiger partial charge is 0.327 e. The van der Waals surface area contributed by atoms with Gasteiger partial charge in [-0.2, -0.15) is 17.9 Å². The number of aliphatic carboxylic acids is 1. The summed E-state index contributed by atoms with van der Waals surface area (Å²) in [4.78, 5) is 22.4. The maximum Gasteiger partial charge on any atom is 0.327 e. The largest absolute Gasteiger partial charge is 0.480 e. The minimum atomic E-state index is -1.15. The first-order valence-electron chi connectivity index (χ1n) is 4.73. The lowest BCUT2D eigenvalue weighted by Gasteiger charge is -2.11. The highest BCUT2D eigenvalue weighted by molar-refractivity contribution is 7.80. The molecule has 0 bridgehead atoms. The number of carboxylic acid groups (broad SMARTS) is 1. The topological polar surface area (TPSA) is 90.2 Å². The van der Waals surface area contributed by atoms with Gasteiger partial charge in [0.25, 0.3) is 5.91 Å². The van der Waals surface area contributed by atoms with Crippen LogP contribution in [0.2, 0.25) is 0 Å². The van der Waals surface area contributed by atoms with Gasteiger partial charge in [0.05, 0.1) is 11.6 Å². The number of hydrogen-bond donors (Lipinski definition) is 3. The van der Waals surface area contributed by atoms with Gasteiger partial charge in [0, 0.05) is 11.3 Å². The molecule has 88 valence electrons. The molecule has 0 saturated heterocycles. The maximum atomic E-state index is 11.7. The van der Waals surface area contributed by atoms with Crippen molar-refractivity contribution < 1.29 is 14.7 Å². The van der Waals surface area contributed by atoms with Gasteiger partial charge in [-0.25, -0.2) is 4.79 Å². The zero-order valence-electron chi connectivity index (χ0n) is 8.75. The van der Waals surface area contributed by atoms with Crippen LogP contribution in [0.5, 0.6) is 0 Å². The Morgan fingerprint density at radius 3 is 2.76 bits per heavy atom. The van der Waals surface area contributed by atoms with Crippen molar-refractivity contribution in [1.82, 2.24) is 5.32 Å². The minimum Gasteiger partial charge on any atom is -0.480 e. The summed E-state index contributed by atoms with van der Waals surface area (Å²) in [6, 6.07) is 6.88. The second-order valence-electron chi connectivity index (χ2n) is 3.24. The van der Waals surface area contributed by atoms with Gasteiger partial charge in [0.1, 0.15) is 6.04 Å². The van der Waals surface area contributed by atoms with Gasteiger partial charge in [0.15, 0.2) is 0 Å². The van der Waals surface area contributed by atoms with Crippen LogP contribution in [0, 0.1) is 11.3 Å². The van der Waals surface area contributed by atoms with Gasteiger partial charge >= 0.3 is 5.97 Å². The van der Waals surface area contributed by atoms with E-state index in [1.54, 1.807) is 12.1 Å². The van der Waals surface area contributed by atoms with Gasteiger partial charge in [-0.05, 0) is 18.2 Å². The lowest BCUT2D eigenvalue weighted by Crippen LogP contribution is -2.42. The van der Waals surface area contributed by atoms with Gasteiger partial charge in [0.2, 0.25) is 0 Å². The number of amides is 1. The van der Waals surface area contributed by atoms with Crippen LogP contribution >= 0.6 is 12.6 Å². The van der Waals surface area contributed by atoms with Crippen LogP contribution in [0.3, 0.4) is 0 Å². The van der Waals surface area contributed by atoms with E-state index in [-0.39, 0.29) is 11.3 Å². The molecule has 0 spiro atoms. The van der Waals surface area contributed by atoms with Crippen LogP contribution in [0.25, 0.3) is 0 Å². The second kappa shape index (κ2) is 5.92. The fraction of sp³-hybridized carbons (Fsp3) is 0.182. The number of thiol groups is 1.